The van der Waals surface area contributed by atoms with Crippen molar-refractivity contribution in [1.82, 2.24) is 0 Å². The van der Waals surface area contributed by atoms with Gasteiger partial charge in [-0.2, -0.15) is 0 Å². The molecule has 22 heavy (non-hydrogen) atoms. The SMILES string of the molecule is Clc1ccc(-c2cc[s+]c3ccccc23)cc1.F[B-](F)(F)F. The molecule has 1 heterocycles. The summed E-state index contributed by atoms with van der Waals surface area (Å²) >= 11 is 7.68. The maximum Gasteiger partial charge on any atom is 0.673 e. The van der Waals surface area contributed by atoms with Crippen LogP contribution in [0.3, 0.4) is 0 Å². The maximum absolute atomic E-state index is 9.75. The zero-order chi connectivity index (χ0) is 16.2. The predicted molar refractivity (Wildman–Crippen MR) is 86.9 cm³/mol. The minimum atomic E-state index is -6.00. The van der Waals surface area contributed by atoms with Gasteiger partial charge < -0.3 is 17.3 Å². The molecule has 0 bridgehead atoms. The van der Waals surface area contributed by atoms with Crippen molar-refractivity contribution in [3.63, 3.8) is 0 Å². The van der Waals surface area contributed by atoms with E-state index in [1.54, 1.807) is 11.3 Å². The monoisotopic (exact) mass is 344 g/mol. The van der Waals surface area contributed by atoms with Gasteiger partial charge in [0.15, 0.2) is 5.38 Å². The molecule has 0 atom stereocenters. The van der Waals surface area contributed by atoms with Crippen molar-refractivity contribution < 1.29 is 17.3 Å². The van der Waals surface area contributed by atoms with E-state index < -0.39 is 7.25 Å². The number of hydrogen-bond donors (Lipinski definition) is 0. The number of rotatable bonds is 1. The Labute approximate surface area is 134 Å². The molecule has 0 fully saturated rings. The fraction of sp³-hybridized carbons (Fsp3) is 0. The topological polar surface area (TPSA) is 0 Å². The van der Waals surface area contributed by atoms with E-state index >= 15 is 0 Å². The third-order valence-electron chi connectivity index (χ3n) is 2.76. The van der Waals surface area contributed by atoms with E-state index in [-0.39, 0.29) is 0 Å². The van der Waals surface area contributed by atoms with Crippen LogP contribution in [0.1, 0.15) is 0 Å². The minimum Gasteiger partial charge on any atom is -0.418 e. The molecule has 0 N–H and O–H groups in total. The second-order valence-electron chi connectivity index (χ2n) is 4.33. The Morgan fingerprint density at radius 1 is 0.818 bits per heavy atom. The summed E-state index contributed by atoms with van der Waals surface area (Å²) < 4.78 is 40.3. The van der Waals surface area contributed by atoms with Crippen LogP contribution in [0.4, 0.5) is 17.3 Å². The summed E-state index contributed by atoms with van der Waals surface area (Å²) in [6.07, 6.45) is 0. The van der Waals surface area contributed by atoms with Gasteiger partial charge in [-0.05, 0) is 29.3 Å². The minimum absolute atomic E-state index is 0.775. The van der Waals surface area contributed by atoms with Crippen LogP contribution in [0.5, 0.6) is 0 Å². The summed E-state index contributed by atoms with van der Waals surface area (Å²) in [7, 11) is -6.00. The second kappa shape index (κ2) is 7.07. The number of fused-ring (bicyclic) bond motifs is 1. The Morgan fingerprint density at radius 2 is 1.41 bits per heavy atom. The van der Waals surface area contributed by atoms with Gasteiger partial charge >= 0.3 is 7.25 Å². The van der Waals surface area contributed by atoms with Gasteiger partial charge in [0, 0.05) is 22.5 Å². The Bertz CT molecular complexity index is 748. The molecule has 3 aromatic rings. The van der Waals surface area contributed by atoms with E-state index in [0.717, 1.165) is 5.02 Å². The van der Waals surface area contributed by atoms with Crippen molar-refractivity contribution in [2.75, 3.05) is 0 Å². The highest BCUT2D eigenvalue weighted by molar-refractivity contribution is 7.16. The van der Waals surface area contributed by atoms with Crippen molar-refractivity contribution >= 4 is 40.3 Å². The number of benzene rings is 2. The van der Waals surface area contributed by atoms with Gasteiger partial charge in [-0.25, -0.2) is 0 Å². The third-order valence-corrected chi connectivity index (χ3v) is 3.90. The Kier molecular flexibility index (Phi) is 5.37. The average Bonchev–Trinajstić information content (AvgIpc) is 2.46. The van der Waals surface area contributed by atoms with E-state index in [0.29, 0.717) is 0 Å². The van der Waals surface area contributed by atoms with Gasteiger partial charge in [0.1, 0.15) is 0 Å². The molecule has 0 amide bonds. The molecular weight excluding hydrogens is 334 g/mol. The van der Waals surface area contributed by atoms with E-state index in [1.807, 2.05) is 12.1 Å². The predicted octanol–water partition coefficient (Wildman–Crippen LogP) is 6.80. The van der Waals surface area contributed by atoms with Gasteiger partial charge in [-0.15, -0.1) is 0 Å². The summed E-state index contributed by atoms with van der Waals surface area (Å²) in [5.41, 5.74) is 2.47. The first-order chi connectivity index (χ1) is 10.3. The van der Waals surface area contributed by atoms with Crippen molar-refractivity contribution in [2.24, 2.45) is 0 Å². The Morgan fingerprint density at radius 3 is 2.05 bits per heavy atom. The molecular formula is C15H10BClF4S. The molecule has 0 aliphatic heterocycles. The van der Waals surface area contributed by atoms with E-state index in [1.165, 1.54) is 21.2 Å². The highest BCUT2D eigenvalue weighted by atomic mass is 35.5. The van der Waals surface area contributed by atoms with E-state index in [2.05, 4.69) is 47.8 Å². The smallest absolute Gasteiger partial charge is 0.418 e. The summed E-state index contributed by atoms with van der Waals surface area (Å²) in [6, 6.07) is 18.6. The van der Waals surface area contributed by atoms with Crippen LogP contribution in [-0.4, -0.2) is 7.25 Å². The second-order valence-corrected chi connectivity index (χ2v) is 5.72. The largest absolute Gasteiger partial charge is 0.673 e. The first-order valence-corrected chi connectivity index (χ1v) is 7.53. The summed E-state index contributed by atoms with van der Waals surface area (Å²) in [5.74, 6) is 0. The van der Waals surface area contributed by atoms with Crippen molar-refractivity contribution in [1.29, 1.82) is 0 Å². The van der Waals surface area contributed by atoms with E-state index in [9.17, 15) is 17.3 Å². The summed E-state index contributed by atoms with van der Waals surface area (Å²) in [4.78, 5) is 0. The molecule has 2 aromatic carbocycles. The molecule has 7 heteroatoms. The zero-order valence-corrected chi connectivity index (χ0v) is 12.7. The normalized spacial score (nSPS) is 11.0. The molecule has 0 aliphatic carbocycles. The van der Waals surface area contributed by atoms with Crippen LogP contribution >= 0.6 is 22.9 Å². The van der Waals surface area contributed by atoms with Crippen LogP contribution in [0.2, 0.25) is 5.02 Å². The lowest BCUT2D eigenvalue weighted by atomic mass is 10.0. The van der Waals surface area contributed by atoms with Crippen LogP contribution in [0, 0.1) is 0 Å². The average molecular weight is 345 g/mol. The third kappa shape index (κ3) is 4.96. The molecule has 0 saturated carbocycles. The molecule has 3 rings (SSSR count). The highest BCUT2D eigenvalue weighted by Crippen LogP contribution is 2.31. The molecule has 0 unspecified atom stereocenters. The standard InChI is InChI=1S/C15H10ClS.BF4/c16-12-7-5-11(6-8-12)13-9-10-17-15-4-2-1-3-14(13)15;2-1(3,4)5/h1-10H;/q+1;-1. The highest BCUT2D eigenvalue weighted by Gasteiger charge is 2.20. The number of hydrogen-bond acceptors (Lipinski definition) is 0. The lowest BCUT2D eigenvalue weighted by Crippen LogP contribution is -2.02. The van der Waals surface area contributed by atoms with Crippen LogP contribution in [0.15, 0.2) is 60.0 Å². The van der Waals surface area contributed by atoms with Gasteiger partial charge in [-0.1, -0.05) is 35.9 Å². The molecule has 0 spiro atoms. The van der Waals surface area contributed by atoms with Crippen molar-refractivity contribution in [2.45, 2.75) is 0 Å². The Balaban J connectivity index is 0.000000309. The van der Waals surface area contributed by atoms with Gasteiger partial charge in [0.05, 0.1) is 0 Å². The molecule has 0 saturated heterocycles. The van der Waals surface area contributed by atoms with Gasteiger partial charge in [0.2, 0.25) is 16.0 Å². The lowest BCUT2D eigenvalue weighted by Gasteiger charge is -2.02. The molecule has 0 radical (unpaired) electrons. The molecule has 1 aromatic heterocycles. The van der Waals surface area contributed by atoms with Gasteiger partial charge in [0.25, 0.3) is 0 Å². The van der Waals surface area contributed by atoms with Crippen molar-refractivity contribution in [3.8, 4) is 11.1 Å². The molecule has 114 valence electrons. The summed E-state index contributed by atoms with van der Waals surface area (Å²) in [6.45, 7) is 0. The fourth-order valence-corrected chi connectivity index (χ4v) is 2.88. The quantitative estimate of drug-likeness (QED) is 0.258. The molecule has 0 nitrogen and oxygen atoms in total. The zero-order valence-electron chi connectivity index (χ0n) is 11.1. The van der Waals surface area contributed by atoms with Crippen LogP contribution < -0.4 is 0 Å². The maximum atomic E-state index is 9.75. The number of halogens is 5. The fourth-order valence-electron chi connectivity index (χ4n) is 1.94. The molecule has 0 aliphatic rings. The van der Waals surface area contributed by atoms with E-state index in [4.69, 9.17) is 11.6 Å². The summed E-state index contributed by atoms with van der Waals surface area (Å²) in [5, 5.41) is 4.20. The first kappa shape index (κ1) is 16.7. The Hall–Kier alpha value is -1.66. The van der Waals surface area contributed by atoms with Gasteiger partial charge in [-0.3, -0.25) is 0 Å². The first-order valence-electron chi connectivity index (χ1n) is 6.27. The van der Waals surface area contributed by atoms with Crippen LogP contribution in [0.25, 0.3) is 21.2 Å². The van der Waals surface area contributed by atoms with Crippen LogP contribution in [-0.2, 0) is 0 Å². The lowest BCUT2D eigenvalue weighted by molar-refractivity contribution is 0.368. The van der Waals surface area contributed by atoms with Crippen molar-refractivity contribution in [3.05, 3.63) is 65.0 Å².